The van der Waals surface area contributed by atoms with Crippen molar-refractivity contribution in [1.82, 2.24) is 4.57 Å². The first-order valence-electron chi connectivity index (χ1n) is 11.2. The molecule has 3 rings (SSSR count). The molecule has 7 nitrogen and oxygen atoms in total. The summed E-state index contributed by atoms with van der Waals surface area (Å²) < 4.78 is 12.2. The lowest BCUT2D eigenvalue weighted by molar-refractivity contribution is -0.140. The van der Waals surface area contributed by atoms with Crippen LogP contribution >= 0.6 is 0 Å². The number of carbonyl (C=O) groups is 1. The van der Waals surface area contributed by atoms with E-state index in [1.165, 1.54) is 7.11 Å². The van der Waals surface area contributed by atoms with E-state index < -0.39 is 11.9 Å². The molecule has 0 amide bonds. The van der Waals surface area contributed by atoms with E-state index >= 15 is 0 Å². The Balaban J connectivity index is 2.00. The molecule has 1 unspecified atom stereocenters. The molecule has 0 aliphatic carbocycles. The average molecular weight is 466 g/mol. The zero-order valence-corrected chi connectivity index (χ0v) is 19.9. The van der Waals surface area contributed by atoms with E-state index in [0.29, 0.717) is 30.0 Å². The molecule has 0 saturated heterocycles. The molecule has 0 radical (unpaired) electrons. The standard InChI is InChI=1S/C27H31NO6/c1-17(2)34-22-11-7-20(8-12-22)23(16-25(31)33-4)26-24(30)15-18(3)28(27(26)32)14-13-19-5-9-21(29)10-6-19/h5-12,15,17,23,29-30H,13-14,16H2,1-4H3. The number of aryl methyl sites for hydroxylation is 2. The van der Waals surface area contributed by atoms with Crippen LogP contribution in [0.25, 0.3) is 0 Å². The molecular formula is C27H31NO6. The SMILES string of the molecule is COC(=O)CC(c1ccc(OC(C)C)cc1)c1c(O)cc(C)n(CCc2ccc(O)cc2)c1=O. The minimum absolute atomic E-state index is 0.0126. The van der Waals surface area contributed by atoms with Gasteiger partial charge in [0, 0.05) is 18.2 Å². The van der Waals surface area contributed by atoms with Crippen LogP contribution in [0.4, 0.5) is 0 Å². The Kier molecular flexibility index (Phi) is 7.99. The van der Waals surface area contributed by atoms with Crippen molar-refractivity contribution in [2.75, 3.05) is 7.11 Å². The number of aromatic nitrogens is 1. The van der Waals surface area contributed by atoms with E-state index in [0.717, 1.165) is 5.56 Å². The maximum atomic E-state index is 13.6. The van der Waals surface area contributed by atoms with Gasteiger partial charge >= 0.3 is 5.97 Å². The summed E-state index contributed by atoms with van der Waals surface area (Å²) in [6, 6.07) is 15.5. The topological polar surface area (TPSA) is 98.0 Å². The lowest BCUT2D eigenvalue weighted by Gasteiger charge is -2.21. The number of rotatable bonds is 9. The molecule has 1 atom stereocenters. The van der Waals surface area contributed by atoms with Crippen molar-refractivity contribution in [3.8, 4) is 17.2 Å². The Bertz CT molecular complexity index is 1180. The van der Waals surface area contributed by atoms with Gasteiger partial charge in [-0.3, -0.25) is 9.59 Å². The number of hydrogen-bond acceptors (Lipinski definition) is 6. The fraction of sp³-hybridized carbons (Fsp3) is 0.333. The average Bonchev–Trinajstić information content (AvgIpc) is 2.79. The number of phenolic OH excluding ortho intramolecular Hbond substituents is 1. The predicted molar refractivity (Wildman–Crippen MR) is 130 cm³/mol. The summed E-state index contributed by atoms with van der Waals surface area (Å²) in [7, 11) is 1.30. The Hall–Kier alpha value is -3.74. The van der Waals surface area contributed by atoms with E-state index in [4.69, 9.17) is 9.47 Å². The van der Waals surface area contributed by atoms with Crippen LogP contribution in [0.1, 0.15) is 48.6 Å². The highest BCUT2D eigenvalue weighted by Gasteiger charge is 2.26. The molecular weight excluding hydrogens is 434 g/mol. The van der Waals surface area contributed by atoms with E-state index in [9.17, 15) is 19.8 Å². The molecule has 1 aromatic heterocycles. The third-order valence-corrected chi connectivity index (χ3v) is 5.68. The normalized spacial score (nSPS) is 11.9. The molecule has 2 N–H and O–H groups in total. The van der Waals surface area contributed by atoms with Gasteiger partial charge in [0.05, 0.1) is 25.2 Å². The Morgan fingerprint density at radius 2 is 1.68 bits per heavy atom. The molecule has 34 heavy (non-hydrogen) atoms. The smallest absolute Gasteiger partial charge is 0.306 e. The Labute approximate surface area is 199 Å². The van der Waals surface area contributed by atoms with Gasteiger partial charge in [0.15, 0.2) is 0 Å². The molecule has 7 heteroatoms. The van der Waals surface area contributed by atoms with Gasteiger partial charge in [-0.1, -0.05) is 24.3 Å². The van der Waals surface area contributed by atoms with Gasteiger partial charge in [-0.05, 0) is 68.7 Å². The lowest BCUT2D eigenvalue weighted by Crippen LogP contribution is -2.29. The first-order chi connectivity index (χ1) is 16.2. The van der Waals surface area contributed by atoms with Gasteiger partial charge in [-0.25, -0.2) is 0 Å². The number of benzene rings is 2. The molecule has 0 saturated carbocycles. The second-order valence-electron chi connectivity index (χ2n) is 8.53. The van der Waals surface area contributed by atoms with Crippen molar-refractivity contribution < 1.29 is 24.5 Å². The highest BCUT2D eigenvalue weighted by molar-refractivity contribution is 5.71. The highest BCUT2D eigenvalue weighted by Crippen LogP contribution is 2.33. The molecule has 180 valence electrons. The van der Waals surface area contributed by atoms with Gasteiger partial charge in [0.25, 0.3) is 5.56 Å². The first kappa shape index (κ1) is 24.9. The fourth-order valence-corrected chi connectivity index (χ4v) is 3.97. The van der Waals surface area contributed by atoms with Gasteiger partial charge in [0.1, 0.15) is 17.2 Å². The van der Waals surface area contributed by atoms with Crippen LogP contribution in [0.5, 0.6) is 17.2 Å². The third kappa shape index (κ3) is 5.98. The van der Waals surface area contributed by atoms with Crippen molar-refractivity contribution >= 4 is 5.97 Å². The largest absolute Gasteiger partial charge is 0.508 e. The second kappa shape index (κ2) is 10.9. The first-order valence-corrected chi connectivity index (χ1v) is 11.2. The number of aromatic hydroxyl groups is 2. The molecule has 0 aliphatic heterocycles. The number of hydrogen-bond donors (Lipinski definition) is 2. The van der Waals surface area contributed by atoms with E-state index in [1.54, 1.807) is 66.1 Å². The van der Waals surface area contributed by atoms with Crippen molar-refractivity contribution in [3.63, 3.8) is 0 Å². The zero-order chi connectivity index (χ0) is 24.8. The zero-order valence-electron chi connectivity index (χ0n) is 19.9. The maximum Gasteiger partial charge on any atom is 0.306 e. The summed E-state index contributed by atoms with van der Waals surface area (Å²) in [6.45, 7) is 6.00. The van der Waals surface area contributed by atoms with Crippen molar-refractivity contribution in [1.29, 1.82) is 0 Å². The molecule has 0 spiro atoms. The number of carbonyl (C=O) groups excluding carboxylic acids is 1. The molecule has 3 aromatic rings. The molecule has 1 heterocycles. The van der Waals surface area contributed by atoms with Crippen LogP contribution < -0.4 is 10.3 Å². The summed E-state index contributed by atoms with van der Waals surface area (Å²) in [4.78, 5) is 25.8. The monoisotopic (exact) mass is 465 g/mol. The van der Waals surface area contributed by atoms with Crippen molar-refractivity contribution in [2.24, 2.45) is 0 Å². The van der Waals surface area contributed by atoms with Crippen LogP contribution in [0.3, 0.4) is 0 Å². The van der Waals surface area contributed by atoms with Crippen LogP contribution in [-0.2, 0) is 22.5 Å². The summed E-state index contributed by atoms with van der Waals surface area (Å²) in [5.74, 6) is -0.467. The number of esters is 1. The predicted octanol–water partition coefficient (Wildman–Crippen LogP) is 4.29. The number of ether oxygens (including phenoxy) is 2. The Morgan fingerprint density at radius 3 is 2.26 bits per heavy atom. The minimum atomic E-state index is -0.687. The summed E-state index contributed by atoms with van der Waals surface area (Å²) in [6.07, 6.45) is 0.484. The van der Waals surface area contributed by atoms with Gasteiger partial charge < -0.3 is 24.3 Å². The van der Waals surface area contributed by atoms with Crippen LogP contribution in [0.15, 0.2) is 59.4 Å². The molecule has 0 fully saturated rings. The lowest BCUT2D eigenvalue weighted by atomic mass is 9.88. The van der Waals surface area contributed by atoms with Crippen molar-refractivity contribution in [2.45, 2.75) is 52.2 Å². The van der Waals surface area contributed by atoms with Crippen molar-refractivity contribution in [3.05, 3.63) is 87.3 Å². The number of nitrogens with zero attached hydrogens (tertiary/aromatic N) is 1. The molecule has 0 aliphatic rings. The summed E-state index contributed by atoms with van der Waals surface area (Å²) in [5, 5.41) is 20.3. The van der Waals surface area contributed by atoms with Gasteiger partial charge in [-0.15, -0.1) is 0 Å². The minimum Gasteiger partial charge on any atom is -0.508 e. The highest BCUT2D eigenvalue weighted by atomic mass is 16.5. The van der Waals surface area contributed by atoms with E-state index in [1.807, 2.05) is 13.8 Å². The summed E-state index contributed by atoms with van der Waals surface area (Å²) >= 11 is 0. The maximum absolute atomic E-state index is 13.6. The van der Waals surface area contributed by atoms with Crippen LogP contribution in [-0.4, -0.2) is 34.0 Å². The van der Waals surface area contributed by atoms with E-state index in [-0.39, 0.29) is 35.1 Å². The number of pyridine rings is 1. The van der Waals surface area contributed by atoms with Crippen LogP contribution in [0, 0.1) is 6.92 Å². The van der Waals surface area contributed by atoms with Gasteiger partial charge in [-0.2, -0.15) is 0 Å². The quantitative estimate of drug-likeness (QED) is 0.458. The molecule has 2 aromatic carbocycles. The molecule has 0 bridgehead atoms. The number of phenols is 1. The van der Waals surface area contributed by atoms with E-state index in [2.05, 4.69) is 0 Å². The summed E-state index contributed by atoms with van der Waals surface area (Å²) in [5.41, 5.74) is 2.07. The fourth-order valence-electron chi connectivity index (χ4n) is 3.97. The third-order valence-electron chi connectivity index (χ3n) is 5.68. The Morgan fingerprint density at radius 1 is 1.03 bits per heavy atom. The second-order valence-corrected chi connectivity index (χ2v) is 8.53. The van der Waals surface area contributed by atoms with Crippen LogP contribution in [0.2, 0.25) is 0 Å². The number of methoxy groups -OCH3 is 1. The van der Waals surface area contributed by atoms with Gasteiger partial charge in [0.2, 0.25) is 0 Å².